The van der Waals surface area contributed by atoms with E-state index in [2.05, 4.69) is 5.10 Å². The molecule has 0 fully saturated rings. The van der Waals surface area contributed by atoms with Gasteiger partial charge >= 0.3 is 5.97 Å². The minimum atomic E-state index is -1.09. The zero-order chi connectivity index (χ0) is 10.9. The third-order valence-electron chi connectivity index (χ3n) is 2.78. The standard InChI is InChI=1S/C11H12N2O2/c1-9-5-2-3-6-11(9,10(14)15)13-8-4-7-12-13/h2-9H,1H3,(H,14,15). The Kier molecular flexibility index (Phi) is 2.19. The van der Waals surface area contributed by atoms with Gasteiger partial charge in [0.1, 0.15) is 0 Å². The number of rotatable bonds is 2. The highest BCUT2D eigenvalue weighted by Gasteiger charge is 2.43. The quantitative estimate of drug-likeness (QED) is 0.792. The van der Waals surface area contributed by atoms with Gasteiger partial charge < -0.3 is 5.11 Å². The molecule has 1 aromatic heterocycles. The molecule has 1 aliphatic rings. The summed E-state index contributed by atoms with van der Waals surface area (Å²) in [6.07, 6.45) is 10.4. The second-order valence-electron chi connectivity index (χ2n) is 3.61. The van der Waals surface area contributed by atoms with Crippen molar-refractivity contribution in [2.24, 2.45) is 5.92 Å². The molecule has 15 heavy (non-hydrogen) atoms. The first kappa shape index (κ1) is 9.71. The smallest absolute Gasteiger partial charge is 0.336 e. The van der Waals surface area contributed by atoms with Crippen molar-refractivity contribution in [3.05, 3.63) is 42.8 Å². The van der Waals surface area contributed by atoms with Crippen LogP contribution in [0, 0.1) is 5.92 Å². The van der Waals surface area contributed by atoms with Crippen LogP contribution in [0.3, 0.4) is 0 Å². The molecule has 1 aromatic rings. The molecular weight excluding hydrogens is 192 g/mol. The van der Waals surface area contributed by atoms with Gasteiger partial charge in [-0.25, -0.2) is 4.79 Å². The minimum absolute atomic E-state index is 0.125. The summed E-state index contributed by atoms with van der Waals surface area (Å²) in [6.45, 7) is 1.87. The molecule has 0 bridgehead atoms. The monoisotopic (exact) mass is 204 g/mol. The van der Waals surface area contributed by atoms with Gasteiger partial charge in [-0.2, -0.15) is 5.10 Å². The first-order valence-corrected chi connectivity index (χ1v) is 4.77. The molecule has 2 rings (SSSR count). The van der Waals surface area contributed by atoms with Crippen molar-refractivity contribution < 1.29 is 9.90 Å². The highest BCUT2D eigenvalue weighted by atomic mass is 16.4. The largest absolute Gasteiger partial charge is 0.479 e. The van der Waals surface area contributed by atoms with Crippen LogP contribution in [0.5, 0.6) is 0 Å². The minimum Gasteiger partial charge on any atom is -0.479 e. The van der Waals surface area contributed by atoms with Crippen LogP contribution in [0.15, 0.2) is 42.8 Å². The van der Waals surface area contributed by atoms with Gasteiger partial charge in [-0.15, -0.1) is 0 Å². The second kappa shape index (κ2) is 3.38. The Morgan fingerprint density at radius 3 is 2.87 bits per heavy atom. The van der Waals surface area contributed by atoms with Crippen LogP contribution in [0.4, 0.5) is 0 Å². The van der Waals surface area contributed by atoms with Crippen LogP contribution in [-0.4, -0.2) is 20.9 Å². The molecule has 0 saturated heterocycles. The maximum atomic E-state index is 11.4. The first-order valence-electron chi connectivity index (χ1n) is 4.77. The van der Waals surface area contributed by atoms with E-state index in [1.165, 1.54) is 4.68 Å². The molecule has 1 heterocycles. The molecule has 2 atom stereocenters. The van der Waals surface area contributed by atoms with E-state index >= 15 is 0 Å². The highest BCUT2D eigenvalue weighted by molar-refractivity contribution is 5.80. The molecular formula is C11H12N2O2. The van der Waals surface area contributed by atoms with Crippen LogP contribution in [-0.2, 0) is 10.3 Å². The zero-order valence-electron chi connectivity index (χ0n) is 8.37. The Labute approximate surface area is 87.5 Å². The van der Waals surface area contributed by atoms with E-state index < -0.39 is 11.5 Å². The lowest BCUT2D eigenvalue weighted by Crippen LogP contribution is -2.46. The number of carboxylic acid groups (broad SMARTS) is 1. The van der Waals surface area contributed by atoms with E-state index in [1.54, 1.807) is 30.6 Å². The Balaban J connectivity index is 2.55. The summed E-state index contributed by atoms with van der Waals surface area (Å²) in [4.78, 5) is 11.4. The third-order valence-corrected chi connectivity index (χ3v) is 2.78. The van der Waals surface area contributed by atoms with Gasteiger partial charge in [-0.3, -0.25) is 4.68 Å². The summed E-state index contributed by atoms with van der Waals surface area (Å²) in [6, 6.07) is 1.73. The van der Waals surface area contributed by atoms with E-state index in [4.69, 9.17) is 0 Å². The molecule has 0 amide bonds. The zero-order valence-corrected chi connectivity index (χ0v) is 8.37. The van der Waals surface area contributed by atoms with Crippen LogP contribution in [0.25, 0.3) is 0 Å². The van der Waals surface area contributed by atoms with Gasteiger partial charge in [0.15, 0.2) is 5.54 Å². The van der Waals surface area contributed by atoms with E-state index in [0.717, 1.165) is 0 Å². The Bertz CT molecular complexity index is 420. The number of carboxylic acids is 1. The molecule has 1 aliphatic carbocycles. The first-order chi connectivity index (χ1) is 7.18. The van der Waals surface area contributed by atoms with E-state index in [0.29, 0.717) is 0 Å². The summed E-state index contributed by atoms with van der Waals surface area (Å²) < 4.78 is 1.49. The maximum absolute atomic E-state index is 11.4. The van der Waals surface area contributed by atoms with Crippen molar-refractivity contribution in [1.82, 2.24) is 9.78 Å². The lowest BCUT2D eigenvalue weighted by atomic mass is 9.82. The number of carbonyl (C=O) groups is 1. The van der Waals surface area contributed by atoms with Crippen molar-refractivity contribution in [1.29, 1.82) is 0 Å². The van der Waals surface area contributed by atoms with Gasteiger partial charge in [0.25, 0.3) is 0 Å². The molecule has 78 valence electrons. The lowest BCUT2D eigenvalue weighted by molar-refractivity contribution is -0.147. The number of aromatic nitrogens is 2. The molecule has 4 nitrogen and oxygen atoms in total. The highest BCUT2D eigenvalue weighted by Crippen LogP contribution is 2.31. The van der Waals surface area contributed by atoms with E-state index in [1.807, 2.05) is 19.1 Å². The number of nitrogens with zero attached hydrogens (tertiary/aromatic N) is 2. The fourth-order valence-corrected chi connectivity index (χ4v) is 1.87. The van der Waals surface area contributed by atoms with Crippen LogP contribution in [0.2, 0.25) is 0 Å². The molecule has 1 N–H and O–H groups in total. The molecule has 4 heteroatoms. The topological polar surface area (TPSA) is 55.1 Å². The normalized spacial score (nSPS) is 29.3. The van der Waals surface area contributed by atoms with Gasteiger partial charge in [0.2, 0.25) is 0 Å². The number of hydrogen-bond donors (Lipinski definition) is 1. The van der Waals surface area contributed by atoms with Crippen LogP contribution >= 0.6 is 0 Å². The van der Waals surface area contributed by atoms with Crippen molar-refractivity contribution in [2.45, 2.75) is 12.5 Å². The van der Waals surface area contributed by atoms with Crippen molar-refractivity contribution in [2.75, 3.05) is 0 Å². The predicted molar refractivity (Wildman–Crippen MR) is 55.3 cm³/mol. The molecule has 2 unspecified atom stereocenters. The second-order valence-corrected chi connectivity index (χ2v) is 3.61. The molecule has 0 aromatic carbocycles. The third kappa shape index (κ3) is 1.29. The molecule has 0 spiro atoms. The summed E-state index contributed by atoms with van der Waals surface area (Å²) in [5, 5.41) is 13.4. The van der Waals surface area contributed by atoms with Gasteiger partial charge in [0, 0.05) is 18.3 Å². The average Bonchev–Trinajstić information content (AvgIpc) is 2.71. The lowest BCUT2D eigenvalue weighted by Gasteiger charge is -2.32. The summed E-state index contributed by atoms with van der Waals surface area (Å²) >= 11 is 0. The van der Waals surface area contributed by atoms with Gasteiger partial charge in [-0.1, -0.05) is 25.2 Å². The SMILES string of the molecule is CC1C=CC=CC1(C(=O)O)n1cccn1. The van der Waals surface area contributed by atoms with Crippen molar-refractivity contribution in [3.8, 4) is 0 Å². The van der Waals surface area contributed by atoms with Crippen molar-refractivity contribution >= 4 is 5.97 Å². The Morgan fingerprint density at radius 2 is 2.33 bits per heavy atom. The molecule has 0 saturated carbocycles. The number of hydrogen-bond acceptors (Lipinski definition) is 2. The molecule has 0 radical (unpaired) electrons. The summed E-state index contributed by atoms with van der Waals surface area (Å²) in [5.74, 6) is -1.01. The maximum Gasteiger partial charge on any atom is 0.336 e. The van der Waals surface area contributed by atoms with Gasteiger partial charge in [0.05, 0.1) is 0 Å². The van der Waals surface area contributed by atoms with E-state index in [-0.39, 0.29) is 5.92 Å². The van der Waals surface area contributed by atoms with Crippen LogP contribution in [0.1, 0.15) is 6.92 Å². The fourth-order valence-electron chi connectivity index (χ4n) is 1.87. The van der Waals surface area contributed by atoms with Crippen LogP contribution < -0.4 is 0 Å². The van der Waals surface area contributed by atoms with Crippen molar-refractivity contribution in [3.63, 3.8) is 0 Å². The molecule has 0 aliphatic heterocycles. The summed E-state index contributed by atoms with van der Waals surface area (Å²) in [7, 11) is 0. The number of aliphatic carboxylic acids is 1. The predicted octanol–water partition coefficient (Wildman–Crippen LogP) is 1.43. The fraction of sp³-hybridized carbons (Fsp3) is 0.273. The Hall–Kier alpha value is -1.84. The number of allylic oxidation sites excluding steroid dienone is 3. The van der Waals surface area contributed by atoms with E-state index in [9.17, 15) is 9.90 Å². The average molecular weight is 204 g/mol. The van der Waals surface area contributed by atoms with Gasteiger partial charge in [-0.05, 0) is 12.1 Å². The summed E-state index contributed by atoms with van der Waals surface area (Å²) in [5.41, 5.74) is -1.09. The Morgan fingerprint density at radius 1 is 1.53 bits per heavy atom.